The molecule has 0 unspecified atom stereocenters. The number of nitrogens with one attached hydrogen (secondary N) is 1. The summed E-state index contributed by atoms with van der Waals surface area (Å²) < 4.78 is 16.0. The zero-order chi connectivity index (χ0) is 19.9. The Morgan fingerprint density at radius 1 is 1.04 bits per heavy atom. The molecule has 0 spiro atoms. The van der Waals surface area contributed by atoms with Gasteiger partial charge in [0, 0.05) is 16.2 Å². The van der Waals surface area contributed by atoms with Gasteiger partial charge in [-0.1, -0.05) is 12.1 Å². The first-order valence-corrected chi connectivity index (χ1v) is 10.4. The van der Waals surface area contributed by atoms with Gasteiger partial charge >= 0.3 is 0 Å². The van der Waals surface area contributed by atoms with E-state index in [2.05, 4.69) is 22.1 Å². The average Bonchev–Trinajstić information content (AvgIpc) is 3.25. The lowest BCUT2D eigenvalue weighted by molar-refractivity contribution is 0.102. The lowest BCUT2D eigenvalue weighted by atomic mass is 10.1. The maximum Gasteiger partial charge on any atom is 0.255 e. The molecule has 0 saturated heterocycles. The van der Waals surface area contributed by atoms with Gasteiger partial charge < -0.3 is 19.5 Å². The summed E-state index contributed by atoms with van der Waals surface area (Å²) in [5, 5.41) is 7.18. The van der Waals surface area contributed by atoms with E-state index in [1.54, 1.807) is 35.2 Å². The van der Waals surface area contributed by atoms with E-state index in [1.165, 1.54) is 26.9 Å². The monoisotopic (exact) mass is 415 g/mol. The third-order valence-electron chi connectivity index (χ3n) is 4.04. The second kappa shape index (κ2) is 9.52. The smallest absolute Gasteiger partial charge is 0.255 e. The fourth-order valence-electron chi connectivity index (χ4n) is 2.64. The van der Waals surface area contributed by atoms with Crippen LogP contribution in [0.3, 0.4) is 0 Å². The largest absolute Gasteiger partial charge is 0.493 e. The Kier molecular flexibility index (Phi) is 6.84. The van der Waals surface area contributed by atoms with E-state index >= 15 is 0 Å². The zero-order valence-electron chi connectivity index (χ0n) is 15.9. The van der Waals surface area contributed by atoms with Crippen molar-refractivity contribution in [3.8, 4) is 17.2 Å². The Bertz CT molecular complexity index is 916. The number of thiophene rings is 1. The molecule has 0 bridgehead atoms. The van der Waals surface area contributed by atoms with E-state index in [4.69, 9.17) is 14.2 Å². The van der Waals surface area contributed by atoms with Crippen LogP contribution in [0, 0.1) is 0 Å². The zero-order valence-corrected chi connectivity index (χ0v) is 17.5. The van der Waals surface area contributed by atoms with E-state index in [0.717, 1.165) is 16.3 Å². The summed E-state index contributed by atoms with van der Waals surface area (Å²) >= 11 is 3.37. The van der Waals surface area contributed by atoms with Crippen molar-refractivity contribution in [2.24, 2.45) is 0 Å². The van der Waals surface area contributed by atoms with Crippen LogP contribution in [0.5, 0.6) is 17.2 Å². The molecule has 3 rings (SSSR count). The fraction of sp³-hybridized carbons (Fsp3) is 0.190. The van der Waals surface area contributed by atoms with Gasteiger partial charge in [0.25, 0.3) is 5.91 Å². The normalized spacial score (nSPS) is 10.4. The maximum absolute atomic E-state index is 12.9. The topological polar surface area (TPSA) is 56.8 Å². The maximum atomic E-state index is 12.9. The first-order valence-electron chi connectivity index (χ1n) is 8.50. The molecule has 0 fully saturated rings. The number of hydrogen-bond acceptors (Lipinski definition) is 6. The van der Waals surface area contributed by atoms with E-state index in [1.807, 2.05) is 24.3 Å². The molecule has 0 atom stereocenters. The number of benzene rings is 2. The summed E-state index contributed by atoms with van der Waals surface area (Å²) in [4.78, 5) is 13.9. The van der Waals surface area contributed by atoms with Crippen LogP contribution in [-0.2, 0) is 5.75 Å². The Morgan fingerprint density at radius 3 is 2.36 bits per heavy atom. The molecule has 0 saturated carbocycles. The summed E-state index contributed by atoms with van der Waals surface area (Å²) in [6.07, 6.45) is 0. The van der Waals surface area contributed by atoms with Crippen molar-refractivity contribution >= 4 is 34.7 Å². The SMILES string of the molecule is COc1cc(C(=O)Nc2ccccc2SCc2ccsc2)cc(OC)c1OC. The third kappa shape index (κ3) is 4.61. The minimum absolute atomic E-state index is 0.247. The number of carbonyl (C=O) groups is 1. The number of thioether (sulfide) groups is 1. The van der Waals surface area contributed by atoms with Crippen molar-refractivity contribution in [2.75, 3.05) is 26.6 Å². The number of carbonyl (C=O) groups excluding carboxylic acids is 1. The minimum Gasteiger partial charge on any atom is -0.493 e. The van der Waals surface area contributed by atoms with Crippen molar-refractivity contribution < 1.29 is 19.0 Å². The van der Waals surface area contributed by atoms with Gasteiger partial charge in [0.1, 0.15) is 0 Å². The first kappa shape index (κ1) is 20.1. The van der Waals surface area contributed by atoms with Gasteiger partial charge in [-0.25, -0.2) is 0 Å². The van der Waals surface area contributed by atoms with Crippen molar-refractivity contribution in [1.29, 1.82) is 0 Å². The van der Waals surface area contributed by atoms with Gasteiger partial charge in [-0.05, 0) is 46.7 Å². The predicted octanol–water partition coefficient (Wildman–Crippen LogP) is 5.32. The van der Waals surface area contributed by atoms with Crippen LogP contribution in [0.4, 0.5) is 5.69 Å². The van der Waals surface area contributed by atoms with Gasteiger partial charge in [-0.3, -0.25) is 4.79 Å². The van der Waals surface area contributed by atoms with Gasteiger partial charge in [-0.2, -0.15) is 11.3 Å². The van der Waals surface area contributed by atoms with Crippen LogP contribution in [0.25, 0.3) is 0 Å². The second-order valence-corrected chi connectivity index (χ2v) is 7.58. The molecule has 0 radical (unpaired) electrons. The first-order chi connectivity index (χ1) is 13.7. The lowest BCUT2D eigenvalue weighted by Gasteiger charge is -2.15. The number of anilines is 1. The number of para-hydroxylation sites is 1. The van der Waals surface area contributed by atoms with E-state index < -0.39 is 0 Å². The van der Waals surface area contributed by atoms with Crippen LogP contribution in [0.1, 0.15) is 15.9 Å². The summed E-state index contributed by atoms with van der Waals surface area (Å²) in [5.41, 5.74) is 2.45. The molecule has 3 aromatic rings. The molecule has 28 heavy (non-hydrogen) atoms. The molecule has 2 aromatic carbocycles. The van der Waals surface area contributed by atoms with Crippen LogP contribution < -0.4 is 19.5 Å². The molecule has 1 aromatic heterocycles. The van der Waals surface area contributed by atoms with Crippen LogP contribution in [0.15, 0.2) is 58.1 Å². The highest BCUT2D eigenvalue weighted by atomic mass is 32.2. The van der Waals surface area contributed by atoms with Gasteiger partial charge in [-0.15, -0.1) is 11.8 Å². The van der Waals surface area contributed by atoms with Crippen molar-refractivity contribution in [3.05, 3.63) is 64.4 Å². The van der Waals surface area contributed by atoms with Gasteiger partial charge in [0.15, 0.2) is 11.5 Å². The van der Waals surface area contributed by atoms with Crippen LogP contribution >= 0.6 is 23.1 Å². The molecule has 0 aliphatic heterocycles. The van der Waals surface area contributed by atoms with Gasteiger partial charge in [0.05, 0.1) is 27.0 Å². The van der Waals surface area contributed by atoms with Gasteiger partial charge in [0.2, 0.25) is 5.75 Å². The highest BCUT2D eigenvalue weighted by Crippen LogP contribution is 2.38. The molecule has 146 valence electrons. The highest BCUT2D eigenvalue weighted by molar-refractivity contribution is 7.98. The Balaban J connectivity index is 1.81. The molecule has 1 heterocycles. The van der Waals surface area contributed by atoms with Crippen LogP contribution in [0.2, 0.25) is 0 Å². The number of hydrogen-bond donors (Lipinski definition) is 1. The molecule has 5 nitrogen and oxygen atoms in total. The molecule has 7 heteroatoms. The molecular weight excluding hydrogens is 394 g/mol. The summed E-state index contributed by atoms with van der Waals surface area (Å²) in [6.45, 7) is 0. The van der Waals surface area contributed by atoms with Crippen molar-refractivity contribution in [3.63, 3.8) is 0 Å². The number of methoxy groups -OCH3 is 3. The van der Waals surface area contributed by atoms with E-state index in [0.29, 0.717) is 22.8 Å². The summed E-state index contributed by atoms with van der Waals surface area (Å²) in [6, 6.07) is 13.1. The minimum atomic E-state index is -0.247. The number of rotatable bonds is 8. The predicted molar refractivity (Wildman–Crippen MR) is 114 cm³/mol. The molecular formula is C21H21NO4S2. The number of ether oxygens (including phenoxy) is 3. The second-order valence-electron chi connectivity index (χ2n) is 5.78. The summed E-state index contributed by atoms with van der Waals surface area (Å²) in [7, 11) is 4.58. The fourth-order valence-corrected chi connectivity index (χ4v) is 4.36. The van der Waals surface area contributed by atoms with Crippen LogP contribution in [-0.4, -0.2) is 27.2 Å². The molecule has 0 aliphatic carbocycles. The summed E-state index contributed by atoms with van der Waals surface area (Å²) in [5.74, 6) is 1.93. The van der Waals surface area contributed by atoms with E-state index in [-0.39, 0.29) is 5.91 Å². The number of amides is 1. The van der Waals surface area contributed by atoms with Crippen molar-refractivity contribution in [2.45, 2.75) is 10.6 Å². The Hall–Kier alpha value is -2.64. The average molecular weight is 416 g/mol. The Labute approximate surface area is 172 Å². The quantitative estimate of drug-likeness (QED) is 0.505. The molecule has 1 N–H and O–H groups in total. The third-order valence-corrected chi connectivity index (χ3v) is 5.91. The Morgan fingerprint density at radius 2 is 1.75 bits per heavy atom. The molecule has 1 amide bonds. The van der Waals surface area contributed by atoms with E-state index in [9.17, 15) is 4.79 Å². The molecule has 0 aliphatic rings. The van der Waals surface area contributed by atoms with Crippen molar-refractivity contribution in [1.82, 2.24) is 0 Å². The standard InChI is InChI=1S/C21H21NO4S2/c1-24-17-10-15(11-18(25-2)20(17)26-3)21(23)22-16-6-4-5-7-19(16)28-13-14-8-9-27-12-14/h4-12H,13H2,1-3H3,(H,22,23). The lowest BCUT2D eigenvalue weighted by Crippen LogP contribution is -2.13. The highest BCUT2D eigenvalue weighted by Gasteiger charge is 2.18.